The minimum atomic E-state index is 0.793. The van der Waals surface area contributed by atoms with Crippen LogP contribution in [0.3, 0.4) is 0 Å². The summed E-state index contributed by atoms with van der Waals surface area (Å²) in [6, 6.07) is 19.5. The lowest BCUT2D eigenvalue weighted by molar-refractivity contribution is 0.263. The van der Waals surface area contributed by atoms with E-state index in [-0.39, 0.29) is 0 Å². The van der Waals surface area contributed by atoms with Crippen molar-refractivity contribution < 1.29 is 4.74 Å². The van der Waals surface area contributed by atoms with Gasteiger partial charge in [-0.2, -0.15) is 0 Å². The fourth-order valence-electron chi connectivity index (χ4n) is 2.82. The number of nitrogens with zero attached hydrogens (tertiary/aromatic N) is 1. The monoisotopic (exact) mass is 280 g/mol. The molecular formula is C19H22NO. The smallest absolute Gasteiger partial charge is 0.119 e. The number of ether oxygens (including phenoxy) is 1. The topological polar surface area (TPSA) is 12.5 Å². The van der Waals surface area contributed by atoms with Gasteiger partial charge < -0.3 is 9.64 Å². The Balaban J connectivity index is 1.51. The molecule has 0 bridgehead atoms. The Morgan fingerprint density at radius 2 is 1.90 bits per heavy atom. The third-order valence-corrected chi connectivity index (χ3v) is 3.96. The van der Waals surface area contributed by atoms with E-state index in [1.54, 1.807) is 0 Å². The Hall–Kier alpha value is -1.80. The van der Waals surface area contributed by atoms with Gasteiger partial charge in [-0.3, -0.25) is 0 Å². The van der Waals surface area contributed by atoms with Crippen LogP contribution in [0.5, 0.6) is 5.75 Å². The van der Waals surface area contributed by atoms with Gasteiger partial charge in [0.2, 0.25) is 0 Å². The van der Waals surface area contributed by atoms with Crippen molar-refractivity contribution in [3.8, 4) is 16.9 Å². The highest BCUT2D eigenvalue weighted by molar-refractivity contribution is 5.64. The second-order valence-corrected chi connectivity index (χ2v) is 5.57. The summed E-state index contributed by atoms with van der Waals surface area (Å²) in [6.45, 7) is 4.48. The van der Waals surface area contributed by atoms with E-state index in [4.69, 9.17) is 4.74 Å². The lowest BCUT2D eigenvalue weighted by Crippen LogP contribution is -2.21. The summed E-state index contributed by atoms with van der Waals surface area (Å²) in [7, 11) is 0. The van der Waals surface area contributed by atoms with Crippen molar-refractivity contribution in [3.63, 3.8) is 0 Å². The van der Waals surface area contributed by atoms with E-state index in [0.717, 1.165) is 25.3 Å². The number of hydrogen-bond donors (Lipinski definition) is 0. The molecule has 3 rings (SSSR count). The van der Waals surface area contributed by atoms with Gasteiger partial charge in [0, 0.05) is 6.54 Å². The van der Waals surface area contributed by atoms with Crippen LogP contribution in [0.15, 0.2) is 48.5 Å². The van der Waals surface area contributed by atoms with E-state index in [1.807, 2.05) is 24.3 Å². The molecule has 1 radical (unpaired) electrons. The van der Waals surface area contributed by atoms with E-state index < -0.39 is 0 Å². The second-order valence-electron chi connectivity index (χ2n) is 5.57. The fourth-order valence-corrected chi connectivity index (χ4v) is 2.82. The number of rotatable bonds is 6. The number of hydrogen-bond acceptors (Lipinski definition) is 2. The molecule has 2 aromatic carbocycles. The second kappa shape index (κ2) is 7.28. The molecule has 0 unspecified atom stereocenters. The SMILES string of the molecule is [c]1cccc(-c2cccc(OCCCN3CCCC3)c2)c1. The summed E-state index contributed by atoms with van der Waals surface area (Å²) in [6.07, 6.45) is 3.82. The van der Waals surface area contributed by atoms with Gasteiger partial charge in [0.15, 0.2) is 0 Å². The number of benzene rings is 2. The molecule has 21 heavy (non-hydrogen) atoms. The van der Waals surface area contributed by atoms with Gasteiger partial charge in [0.25, 0.3) is 0 Å². The van der Waals surface area contributed by atoms with Crippen molar-refractivity contribution in [2.24, 2.45) is 0 Å². The average Bonchev–Trinajstić information content (AvgIpc) is 3.06. The quantitative estimate of drug-likeness (QED) is 0.741. The molecule has 0 aromatic heterocycles. The third-order valence-electron chi connectivity index (χ3n) is 3.96. The van der Waals surface area contributed by atoms with E-state index in [2.05, 4.69) is 35.2 Å². The van der Waals surface area contributed by atoms with Crippen molar-refractivity contribution in [3.05, 3.63) is 54.6 Å². The van der Waals surface area contributed by atoms with Crippen LogP contribution in [0.4, 0.5) is 0 Å². The van der Waals surface area contributed by atoms with Gasteiger partial charge in [-0.15, -0.1) is 0 Å². The van der Waals surface area contributed by atoms with E-state index in [0.29, 0.717) is 0 Å². The first kappa shape index (κ1) is 14.2. The molecule has 1 aliphatic rings. The van der Waals surface area contributed by atoms with Gasteiger partial charge in [-0.1, -0.05) is 30.3 Å². The van der Waals surface area contributed by atoms with Crippen LogP contribution in [-0.4, -0.2) is 31.1 Å². The first-order valence-corrected chi connectivity index (χ1v) is 7.83. The highest BCUT2D eigenvalue weighted by Gasteiger charge is 2.10. The average molecular weight is 280 g/mol. The molecule has 0 spiro atoms. The van der Waals surface area contributed by atoms with Crippen LogP contribution in [0.2, 0.25) is 0 Å². The maximum atomic E-state index is 5.89. The van der Waals surface area contributed by atoms with Gasteiger partial charge in [0.05, 0.1) is 6.61 Å². The lowest BCUT2D eigenvalue weighted by Gasteiger charge is -2.14. The molecule has 109 valence electrons. The maximum Gasteiger partial charge on any atom is 0.119 e. The zero-order valence-corrected chi connectivity index (χ0v) is 12.4. The molecule has 2 heteroatoms. The Bertz CT molecular complexity index is 547. The zero-order chi connectivity index (χ0) is 14.3. The summed E-state index contributed by atoms with van der Waals surface area (Å²) < 4.78 is 5.89. The summed E-state index contributed by atoms with van der Waals surface area (Å²) in [5.74, 6) is 0.956. The van der Waals surface area contributed by atoms with Crippen LogP contribution in [0, 0.1) is 6.07 Å². The van der Waals surface area contributed by atoms with E-state index >= 15 is 0 Å². The molecule has 2 nitrogen and oxygen atoms in total. The summed E-state index contributed by atoms with van der Waals surface area (Å²) in [5.41, 5.74) is 2.36. The summed E-state index contributed by atoms with van der Waals surface area (Å²) in [5, 5.41) is 0. The minimum absolute atomic E-state index is 0.793. The van der Waals surface area contributed by atoms with Crippen LogP contribution >= 0.6 is 0 Å². The van der Waals surface area contributed by atoms with Gasteiger partial charge >= 0.3 is 0 Å². The molecular weight excluding hydrogens is 258 g/mol. The molecule has 0 saturated carbocycles. The first-order chi connectivity index (χ1) is 10.4. The Kier molecular flexibility index (Phi) is 4.90. The fraction of sp³-hybridized carbons (Fsp3) is 0.368. The van der Waals surface area contributed by atoms with Crippen LogP contribution in [-0.2, 0) is 0 Å². The maximum absolute atomic E-state index is 5.89. The summed E-state index contributed by atoms with van der Waals surface area (Å²) >= 11 is 0. The molecule has 1 saturated heterocycles. The molecule has 1 fully saturated rings. The molecule has 0 amide bonds. The van der Waals surface area contributed by atoms with Gasteiger partial charge in [-0.25, -0.2) is 0 Å². The lowest BCUT2D eigenvalue weighted by atomic mass is 10.1. The van der Waals surface area contributed by atoms with Crippen molar-refractivity contribution >= 4 is 0 Å². The zero-order valence-electron chi connectivity index (χ0n) is 12.4. The first-order valence-electron chi connectivity index (χ1n) is 7.83. The Labute approximate surface area is 127 Å². The van der Waals surface area contributed by atoms with Crippen molar-refractivity contribution in [1.82, 2.24) is 4.90 Å². The highest BCUT2D eigenvalue weighted by Crippen LogP contribution is 2.23. The largest absolute Gasteiger partial charge is 0.494 e. The standard InChI is InChI=1S/C19H22NO/c1-2-8-17(9-3-1)18-10-6-11-19(16-18)21-15-7-14-20-12-4-5-13-20/h1-2,6,8-11,16H,4-5,7,12-15H2. The van der Waals surface area contributed by atoms with E-state index in [1.165, 1.54) is 37.1 Å². The van der Waals surface area contributed by atoms with Gasteiger partial charge in [0.1, 0.15) is 5.75 Å². The molecule has 0 aliphatic carbocycles. The predicted molar refractivity (Wildman–Crippen MR) is 86.5 cm³/mol. The van der Waals surface area contributed by atoms with Crippen LogP contribution in [0.1, 0.15) is 19.3 Å². The molecule has 1 heterocycles. The predicted octanol–water partition coefficient (Wildman–Crippen LogP) is 4.02. The summed E-state index contributed by atoms with van der Waals surface area (Å²) in [4.78, 5) is 2.53. The van der Waals surface area contributed by atoms with Crippen LogP contribution in [0.25, 0.3) is 11.1 Å². The normalized spacial score (nSPS) is 15.2. The highest BCUT2D eigenvalue weighted by atomic mass is 16.5. The molecule has 0 atom stereocenters. The van der Waals surface area contributed by atoms with Crippen molar-refractivity contribution in [1.29, 1.82) is 0 Å². The molecule has 0 N–H and O–H groups in total. The van der Waals surface area contributed by atoms with E-state index in [9.17, 15) is 0 Å². The Morgan fingerprint density at radius 3 is 2.71 bits per heavy atom. The molecule has 1 aliphatic heterocycles. The molecule has 2 aromatic rings. The van der Waals surface area contributed by atoms with Crippen molar-refractivity contribution in [2.45, 2.75) is 19.3 Å². The third kappa shape index (κ3) is 4.08. The minimum Gasteiger partial charge on any atom is -0.494 e. The van der Waals surface area contributed by atoms with Gasteiger partial charge in [-0.05, 0) is 67.7 Å². The van der Waals surface area contributed by atoms with Crippen LogP contribution < -0.4 is 4.74 Å². The van der Waals surface area contributed by atoms with Crippen molar-refractivity contribution in [2.75, 3.05) is 26.2 Å². The Morgan fingerprint density at radius 1 is 1.05 bits per heavy atom. The number of likely N-dealkylation sites (tertiary alicyclic amines) is 1.